The number of benzene rings is 1. The van der Waals surface area contributed by atoms with E-state index in [1.807, 2.05) is 0 Å². The van der Waals surface area contributed by atoms with E-state index in [-0.39, 0.29) is 6.07 Å². The Morgan fingerprint density at radius 3 is 2.20 bits per heavy atom. The van der Waals surface area contributed by atoms with Crippen LogP contribution in [-0.4, -0.2) is 15.5 Å². The second-order valence-corrected chi connectivity index (χ2v) is 4.99. The molecule has 0 aliphatic heterocycles. The van der Waals surface area contributed by atoms with Crippen molar-refractivity contribution in [3.8, 4) is 5.75 Å². The highest BCUT2D eigenvalue weighted by Gasteiger charge is 2.26. The van der Waals surface area contributed by atoms with Crippen LogP contribution >= 0.6 is 10.7 Å². The van der Waals surface area contributed by atoms with Gasteiger partial charge in [0, 0.05) is 16.7 Å². The topological polar surface area (TPSA) is 43.4 Å². The fraction of sp³-hybridized carbons (Fsp3) is 0.143. The summed E-state index contributed by atoms with van der Waals surface area (Å²) >= 11 is 0. The minimum Gasteiger partial charge on any atom is -0.491 e. The third-order valence-electron chi connectivity index (χ3n) is 1.55. The Bertz CT molecular complexity index is 501. The van der Waals surface area contributed by atoms with Gasteiger partial charge in [0.2, 0.25) is 5.82 Å². The fourth-order valence-electron chi connectivity index (χ4n) is 0.915. The molecule has 0 saturated heterocycles. The Hall–Kier alpha value is -0.950. The van der Waals surface area contributed by atoms with Gasteiger partial charge in [-0.15, -0.1) is 0 Å². The van der Waals surface area contributed by atoms with Crippen molar-refractivity contribution < 1.29 is 26.3 Å². The van der Waals surface area contributed by atoms with Crippen LogP contribution < -0.4 is 4.74 Å². The largest absolute Gasteiger partial charge is 0.491 e. The van der Waals surface area contributed by atoms with E-state index in [0.29, 0.717) is 0 Å². The van der Waals surface area contributed by atoms with Gasteiger partial charge in [-0.25, -0.2) is 17.2 Å². The molecule has 0 amide bonds. The van der Waals surface area contributed by atoms with Gasteiger partial charge in [-0.05, 0) is 0 Å². The molecule has 1 aromatic rings. The molecule has 0 saturated carbocycles. The van der Waals surface area contributed by atoms with Crippen molar-refractivity contribution in [2.24, 2.45) is 0 Å². The molecule has 0 heterocycles. The van der Waals surface area contributed by atoms with Crippen LogP contribution in [0.5, 0.6) is 5.75 Å². The zero-order valence-corrected chi connectivity index (χ0v) is 8.79. The normalized spacial score (nSPS) is 11.5. The molecule has 0 atom stereocenters. The molecule has 3 nitrogen and oxygen atoms in total. The van der Waals surface area contributed by atoms with Crippen molar-refractivity contribution in [2.75, 3.05) is 7.11 Å². The molecule has 1 rings (SSSR count). The number of hydrogen-bond acceptors (Lipinski definition) is 3. The zero-order valence-electron chi connectivity index (χ0n) is 7.22. The number of methoxy groups -OCH3 is 1. The van der Waals surface area contributed by atoms with Crippen LogP contribution in [-0.2, 0) is 9.05 Å². The van der Waals surface area contributed by atoms with E-state index in [1.54, 1.807) is 0 Å². The molecule has 0 aromatic heterocycles. The molecule has 0 spiro atoms. The summed E-state index contributed by atoms with van der Waals surface area (Å²) in [7, 11) is 1.18. The smallest absolute Gasteiger partial charge is 0.264 e. The molecule has 0 radical (unpaired) electrons. The Kier molecular flexibility index (Phi) is 3.15. The summed E-state index contributed by atoms with van der Waals surface area (Å²) in [6, 6.07) is 0.148. The Labute approximate surface area is 87.8 Å². The summed E-state index contributed by atoms with van der Waals surface area (Å²) < 4.78 is 64.6. The fourth-order valence-corrected chi connectivity index (χ4v) is 1.80. The van der Waals surface area contributed by atoms with Gasteiger partial charge in [-0.1, -0.05) is 0 Å². The second kappa shape index (κ2) is 3.90. The Morgan fingerprint density at radius 1 is 1.27 bits per heavy atom. The highest BCUT2D eigenvalue weighted by molar-refractivity contribution is 8.13. The maximum absolute atomic E-state index is 13.2. The molecular formula is C7H4ClF3O3S. The van der Waals surface area contributed by atoms with E-state index in [4.69, 9.17) is 10.7 Å². The van der Waals surface area contributed by atoms with Crippen molar-refractivity contribution in [1.29, 1.82) is 0 Å². The minimum absolute atomic E-state index is 0.148. The summed E-state index contributed by atoms with van der Waals surface area (Å²) in [4.78, 5) is -1.17. The number of ether oxygens (including phenoxy) is 1. The van der Waals surface area contributed by atoms with Crippen LogP contribution in [0.4, 0.5) is 13.2 Å². The van der Waals surface area contributed by atoms with Crippen molar-refractivity contribution in [3.05, 3.63) is 23.5 Å². The molecule has 0 bridgehead atoms. The highest BCUT2D eigenvalue weighted by atomic mass is 35.7. The Morgan fingerprint density at radius 2 is 1.80 bits per heavy atom. The van der Waals surface area contributed by atoms with E-state index < -0.39 is 37.1 Å². The van der Waals surface area contributed by atoms with Crippen LogP contribution in [0.3, 0.4) is 0 Å². The van der Waals surface area contributed by atoms with E-state index in [2.05, 4.69) is 4.74 Å². The molecule has 0 unspecified atom stereocenters. The lowest BCUT2D eigenvalue weighted by atomic mass is 10.3. The summed E-state index contributed by atoms with van der Waals surface area (Å²) in [5, 5.41) is 0. The van der Waals surface area contributed by atoms with Gasteiger partial charge < -0.3 is 4.74 Å². The molecule has 0 N–H and O–H groups in total. The van der Waals surface area contributed by atoms with Gasteiger partial charge in [0.1, 0.15) is 4.90 Å². The van der Waals surface area contributed by atoms with Crippen molar-refractivity contribution in [2.45, 2.75) is 4.90 Å². The van der Waals surface area contributed by atoms with Gasteiger partial charge in [0.25, 0.3) is 9.05 Å². The first-order valence-electron chi connectivity index (χ1n) is 3.45. The van der Waals surface area contributed by atoms with Gasteiger partial charge in [-0.2, -0.15) is 4.39 Å². The number of rotatable bonds is 2. The van der Waals surface area contributed by atoms with Gasteiger partial charge in [-0.3, -0.25) is 0 Å². The summed E-state index contributed by atoms with van der Waals surface area (Å²) in [5.74, 6) is -5.87. The first kappa shape index (κ1) is 12.1. The summed E-state index contributed by atoms with van der Waals surface area (Å²) in [5.41, 5.74) is 0. The standard InChI is InChI=1S/C7H4ClF3O3S/c1-14-7-5(10)3(9)2-4(6(7)11)15(8,12)13/h2H,1H3. The van der Waals surface area contributed by atoms with Gasteiger partial charge in [0.15, 0.2) is 17.4 Å². The predicted molar refractivity (Wildman–Crippen MR) is 45.9 cm³/mol. The van der Waals surface area contributed by atoms with Crippen LogP contribution in [0.2, 0.25) is 0 Å². The molecule has 0 aliphatic rings. The molecule has 0 fully saturated rings. The quantitative estimate of drug-likeness (QED) is 0.604. The van der Waals surface area contributed by atoms with Crippen LogP contribution in [0.25, 0.3) is 0 Å². The van der Waals surface area contributed by atoms with Crippen LogP contribution in [0, 0.1) is 17.5 Å². The average Bonchev–Trinajstić information content (AvgIpc) is 2.10. The third kappa shape index (κ3) is 2.18. The van der Waals surface area contributed by atoms with Crippen molar-refractivity contribution in [1.82, 2.24) is 0 Å². The number of hydrogen-bond donors (Lipinski definition) is 0. The minimum atomic E-state index is -4.49. The first-order chi connectivity index (χ1) is 6.79. The lowest BCUT2D eigenvalue weighted by molar-refractivity contribution is 0.340. The summed E-state index contributed by atoms with van der Waals surface area (Å²) in [6.45, 7) is 0. The molecule has 0 aliphatic carbocycles. The predicted octanol–water partition coefficient (Wildman–Crippen LogP) is 2.04. The van der Waals surface area contributed by atoms with E-state index >= 15 is 0 Å². The zero-order chi connectivity index (χ0) is 11.8. The molecule has 15 heavy (non-hydrogen) atoms. The lowest BCUT2D eigenvalue weighted by Gasteiger charge is -2.06. The number of halogens is 4. The van der Waals surface area contributed by atoms with Crippen LogP contribution in [0.15, 0.2) is 11.0 Å². The maximum atomic E-state index is 13.2. The first-order valence-corrected chi connectivity index (χ1v) is 5.76. The molecule has 1 aromatic carbocycles. The Balaban J connectivity index is 3.66. The van der Waals surface area contributed by atoms with E-state index in [9.17, 15) is 21.6 Å². The highest BCUT2D eigenvalue weighted by Crippen LogP contribution is 2.30. The monoisotopic (exact) mass is 260 g/mol. The second-order valence-electron chi connectivity index (χ2n) is 2.46. The average molecular weight is 261 g/mol. The maximum Gasteiger partial charge on any atom is 0.264 e. The molecular weight excluding hydrogens is 257 g/mol. The lowest BCUT2D eigenvalue weighted by Crippen LogP contribution is -2.03. The molecule has 84 valence electrons. The SMILES string of the molecule is COc1c(F)c(F)cc(S(=O)(=O)Cl)c1F. The third-order valence-corrected chi connectivity index (χ3v) is 2.87. The van der Waals surface area contributed by atoms with E-state index in [0.717, 1.165) is 7.11 Å². The van der Waals surface area contributed by atoms with Crippen molar-refractivity contribution >= 4 is 19.7 Å². The molecule has 8 heteroatoms. The van der Waals surface area contributed by atoms with Gasteiger partial charge in [0.05, 0.1) is 7.11 Å². The van der Waals surface area contributed by atoms with Gasteiger partial charge >= 0.3 is 0 Å². The summed E-state index contributed by atoms with van der Waals surface area (Å²) in [6.07, 6.45) is 0. The van der Waals surface area contributed by atoms with Crippen molar-refractivity contribution in [3.63, 3.8) is 0 Å². The van der Waals surface area contributed by atoms with E-state index in [1.165, 1.54) is 0 Å². The van der Waals surface area contributed by atoms with Crippen LogP contribution in [0.1, 0.15) is 0 Å².